The number of hydrogen-bond acceptors (Lipinski definition) is 4. The summed E-state index contributed by atoms with van der Waals surface area (Å²) in [6, 6.07) is 10.3. The first-order valence-electron chi connectivity index (χ1n) is 10.5. The molecule has 2 aliphatic rings. The number of carbonyl (C=O) groups excluding carboxylic acids is 1. The van der Waals surface area contributed by atoms with E-state index in [9.17, 15) is 13.2 Å². The molecule has 0 bridgehead atoms. The summed E-state index contributed by atoms with van der Waals surface area (Å²) in [5, 5.41) is 9.28. The monoisotopic (exact) mass is 420 g/mol. The Morgan fingerprint density at radius 1 is 1.21 bits per heavy atom. The highest BCUT2D eigenvalue weighted by Gasteiger charge is 2.38. The molecule has 1 saturated carbocycles. The van der Waals surface area contributed by atoms with Crippen LogP contribution < -0.4 is 16.0 Å². The van der Waals surface area contributed by atoms with E-state index < -0.39 is 9.84 Å². The first kappa shape index (κ1) is 21.6. The first-order chi connectivity index (χ1) is 13.9. The van der Waals surface area contributed by atoms with Crippen LogP contribution in [0.4, 0.5) is 0 Å². The number of aliphatic imine (C=N–C) groups is 1. The van der Waals surface area contributed by atoms with Crippen molar-refractivity contribution in [3.63, 3.8) is 0 Å². The largest absolute Gasteiger partial charge is 0.357 e. The van der Waals surface area contributed by atoms with E-state index in [1.54, 1.807) is 0 Å². The van der Waals surface area contributed by atoms with Crippen LogP contribution in [0.3, 0.4) is 0 Å². The first-order valence-corrected chi connectivity index (χ1v) is 12.3. The van der Waals surface area contributed by atoms with Crippen LogP contribution in [0.1, 0.15) is 44.6 Å². The van der Waals surface area contributed by atoms with Gasteiger partial charge in [-0.05, 0) is 31.7 Å². The van der Waals surface area contributed by atoms with E-state index in [2.05, 4.69) is 40.2 Å². The number of rotatable bonds is 8. The molecule has 29 heavy (non-hydrogen) atoms. The van der Waals surface area contributed by atoms with Gasteiger partial charge in [0.2, 0.25) is 5.91 Å². The Labute approximate surface area is 173 Å². The molecular weight excluding hydrogens is 388 g/mol. The standard InChI is InChI=1S/C21H32N4O3S/c1-2-22-20(23-13-9-19(26)25-18-10-14-29(27,28)15-18)24-16-21(11-6-12-21)17-7-4-3-5-8-17/h3-5,7-8,18H,2,6,9-16H2,1H3,(H,25,26)(H2,22,23,24). The third kappa shape index (κ3) is 5.95. The quantitative estimate of drug-likeness (QED) is 0.436. The van der Waals surface area contributed by atoms with Crippen LogP contribution in [-0.4, -0.2) is 57.5 Å². The molecule has 0 aromatic heterocycles. The highest BCUT2D eigenvalue weighted by atomic mass is 32.2. The summed E-state index contributed by atoms with van der Waals surface area (Å²) in [7, 11) is -2.98. The molecule has 3 rings (SSSR count). The van der Waals surface area contributed by atoms with Crippen LogP contribution in [0.25, 0.3) is 0 Å². The number of sulfone groups is 1. The zero-order valence-electron chi connectivity index (χ0n) is 17.1. The molecule has 0 radical (unpaired) electrons. The smallest absolute Gasteiger partial charge is 0.222 e. The van der Waals surface area contributed by atoms with E-state index in [4.69, 9.17) is 4.99 Å². The summed E-state index contributed by atoms with van der Waals surface area (Å²) in [5.74, 6) is 0.801. The summed E-state index contributed by atoms with van der Waals surface area (Å²) < 4.78 is 23.0. The lowest BCUT2D eigenvalue weighted by Crippen LogP contribution is -2.43. The molecule has 1 aliphatic carbocycles. The molecule has 7 nitrogen and oxygen atoms in total. The minimum Gasteiger partial charge on any atom is -0.357 e. The van der Waals surface area contributed by atoms with E-state index in [0.29, 0.717) is 18.9 Å². The Balaban J connectivity index is 1.49. The van der Waals surface area contributed by atoms with E-state index in [1.807, 2.05) is 13.0 Å². The molecule has 8 heteroatoms. The maximum atomic E-state index is 12.1. The van der Waals surface area contributed by atoms with E-state index in [1.165, 1.54) is 12.0 Å². The van der Waals surface area contributed by atoms with Gasteiger partial charge in [0.25, 0.3) is 0 Å². The predicted octanol–water partition coefficient (Wildman–Crippen LogP) is 1.36. The van der Waals surface area contributed by atoms with Crippen molar-refractivity contribution in [1.29, 1.82) is 0 Å². The van der Waals surface area contributed by atoms with Crippen LogP contribution in [0.2, 0.25) is 0 Å². The van der Waals surface area contributed by atoms with E-state index in [-0.39, 0.29) is 35.3 Å². The highest BCUT2D eigenvalue weighted by Crippen LogP contribution is 2.43. The second-order valence-corrected chi connectivity index (χ2v) is 10.3. The average molecular weight is 421 g/mol. The molecule has 1 amide bonds. The SMILES string of the molecule is CCNC(=NCC1(c2ccccc2)CCC1)NCCC(=O)NC1CCS(=O)(=O)C1. The zero-order chi connectivity index (χ0) is 20.7. The van der Waals surface area contributed by atoms with Crippen molar-refractivity contribution in [3.8, 4) is 0 Å². The third-order valence-electron chi connectivity index (χ3n) is 5.82. The molecule has 1 aromatic carbocycles. The van der Waals surface area contributed by atoms with Crippen molar-refractivity contribution in [3.05, 3.63) is 35.9 Å². The maximum absolute atomic E-state index is 12.1. The molecule has 1 heterocycles. The highest BCUT2D eigenvalue weighted by molar-refractivity contribution is 7.91. The van der Waals surface area contributed by atoms with Crippen LogP contribution >= 0.6 is 0 Å². The van der Waals surface area contributed by atoms with Gasteiger partial charge < -0.3 is 16.0 Å². The van der Waals surface area contributed by atoms with Gasteiger partial charge in [-0.2, -0.15) is 0 Å². The lowest BCUT2D eigenvalue weighted by Gasteiger charge is -2.41. The van der Waals surface area contributed by atoms with Crippen molar-refractivity contribution < 1.29 is 13.2 Å². The number of benzene rings is 1. The Morgan fingerprint density at radius 2 is 1.97 bits per heavy atom. The number of carbonyl (C=O) groups is 1. The molecule has 3 N–H and O–H groups in total. The summed E-state index contributed by atoms with van der Waals surface area (Å²) in [6.07, 6.45) is 4.31. The van der Waals surface area contributed by atoms with Gasteiger partial charge in [-0.15, -0.1) is 0 Å². The van der Waals surface area contributed by atoms with Gasteiger partial charge in [0.1, 0.15) is 0 Å². The molecule has 0 spiro atoms. The normalized spacial score (nSPS) is 22.5. The molecule has 2 fully saturated rings. The number of nitrogens with zero attached hydrogens (tertiary/aromatic N) is 1. The minimum absolute atomic E-state index is 0.0534. The Hall–Kier alpha value is -2.09. The van der Waals surface area contributed by atoms with Crippen molar-refractivity contribution in [2.45, 2.75) is 50.5 Å². The molecule has 1 saturated heterocycles. The number of guanidine groups is 1. The maximum Gasteiger partial charge on any atom is 0.222 e. The molecule has 160 valence electrons. The van der Waals surface area contributed by atoms with Crippen LogP contribution in [0, 0.1) is 0 Å². The lowest BCUT2D eigenvalue weighted by molar-refractivity contribution is -0.121. The summed E-state index contributed by atoms with van der Waals surface area (Å²) >= 11 is 0. The van der Waals surface area contributed by atoms with E-state index >= 15 is 0 Å². The van der Waals surface area contributed by atoms with E-state index in [0.717, 1.165) is 25.9 Å². The van der Waals surface area contributed by atoms with Gasteiger partial charge in [-0.25, -0.2) is 8.42 Å². The summed E-state index contributed by atoms with van der Waals surface area (Å²) in [5.41, 5.74) is 1.46. The van der Waals surface area contributed by atoms with Crippen LogP contribution in [-0.2, 0) is 20.0 Å². The lowest BCUT2D eigenvalue weighted by atomic mass is 9.64. The van der Waals surface area contributed by atoms with Crippen molar-refractivity contribution in [2.24, 2.45) is 4.99 Å². The average Bonchev–Trinajstić information content (AvgIpc) is 3.00. The number of hydrogen-bond donors (Lipinski definition) is 3. The van der Waals surface area contributed by atoms with Crippen molar-refractivity contribution >= 4 is 21.7 Å². The Bertz CT molecular complexity index is 820. The Morgan fingerprint density at radius 3 is 2.55 bits per heavy atom. The summed E-state index contributed by atoms with van der Waals surface area (Å²) in [6.45, 7) is 3.94. The third-order valence-corrected chi connectivity index (χ3v) is 7.59. The molecule has 1 aromatic rings. The predicted molar refractivity (Wildman–Crippen MR) is 116 cm³/mol. The number of amides is 1. The fourth-order valence-electron chi connectivity index (χ4n) is 4.01. The van der Waals surface area contributed by atoms with Gasteiger partial charge in [0.15, 0.2) is 15.8 Å². The van der Waals surface area contributed by atoms with Gasteiger partial charge in [-0.1, -0.05) is 36.8 Å². The van der Waals surface area contributed by atoms with Crippen molar-refractivity contribution in [2.75, 3.05) is 31.1 Å². The molecule has 1 aliphatic heterocycles. The van der Waals surface area contributed by atoms with Gasteiger partial charge in [0, 0.05) is 31.0 Å². The minimum atomic E-state index is -2.98. The van der Waals surface area contributed by atoms with Crippen LogP contribution in [0.5, 0.6) is 0 Å². The van der Waals surface area contributed by atoms with Crippen LogP contribution in [0.15, 0.2) is 35.3 Å². The fourth-order valence-corrected chi connectivity index (χ4v) is 5.68. The van der Waals surface area contributed by atoms with Crippen molar-refractivity contribution in [1.82, 2.24) is 16.0 Å². The molecule has 1 unspecified atom stereocenters. The second kappa shape index (κ2) is 9.61. The number of nitrogens with one attached hydrogen (secondary N) is 3. The second-order valence-electron chi connectivity index (χ2n) is 8.04. The molecule has 1 atom stereocenters. The Kier molecular flexibility index (Phi) is 7.16. The van der Waals surface area contributed by atoms with Gasteiger partial charge >= 0.3 is 0 Å². The van der Waals surface area contributed by atoms with Gasteiger partial charge in [-0.3, -0.25) is 9.79 Å². The molecular formula is C21H32N4O3S. The fraction of sp³-hybridized carbons (Fsp3) is 0.619. The van der Waals surface area contributed by atoms with Gasteiger partial charge in [0.05, 0.1) is 18.1 Å². The zero-order valence-corrected chi connectivity index (χ0v) is 17.9. The topological polar surface area (TPSA) is 99.7 Å². The summed E-state index contributed by atoms with van der Waals surface area (Å²) in [4.78, 5) is 16.9.